The molecule has 2 aliphatic rings. The Balaban J connectivity index is 1.67. The van der Waals surface area contributed by atoms with Crippen LogP contribution in [-0.2, 0) is 0 Å². The van der Waals surface area contributed by atoms with Crippen molar-refractivity contribution in [2.75, 3.05) is 19.6 Å². The smallest absolute Gasteiger partial charge is 0.00147 e. The Kier molecular flexibility index (Phi) is 3.36. The van der Waals surface area contributed by atoms with Crippen LogP contribution < -0.4 is 11.1 Å². The molecule has 0 atom stereocenters. The maximum atomic E-state index is 5.73. The summed E-state index contributed by atoms with van der Waals surface area (Å²) in [6, 6.07) is 0. The first-order chi connectivity index (χ1) is 7.12. The summed E-state index contributed by atoms with van der Waals surface area (Å²) in [7, 11) is 0. The Hall–Kier alpha value is -0.0800. The van der Waals surface area contributed by atoms with Crippen molar-refractivity contribution in [1.82, 2.24) is 5.32 Å². The lowest BCUT2D eigenvalue weighted by Crippen LogP contribution is -2.38. The highest BCUT2D eigenvalue weighted by Crippen LogP contribution is 2.48. The van der Waals surface area contributed by atoms with E-state index in [0.29, 0.717) is 0 Å². The van der Waals surface area contributed by atoms with Gasteiger partial charge in [-0.2, -0.15) is 0 Å². The van der Waals surface area contributed by atoms with Crippen molar-refractivity contribution in [2.45, 2.75) is 39.5 Å². The van der Waals surface area contributed by atoms with Crippen molar-refractivity contribution >= 4 is 0 Å². The van der Waals surface area contributed by atoms with Crippen LogP contribution in [0.3, 0.4) is 0 Å². The van der Waals surface area contributed by atoms with E-state index >= 15 is 0 Å². The molecule has 0 aromatic heterocycles. The molecule has 0 aromatic carbocycles. The van der Waals surface area contributed by atoms with Gasteiger partial charge in [0.15, 0.2) is 0 Å². The van der Waals surface area contributed by atoms with Gasteiger partial charge in [-0.25, -0.2) is 0 Å². The average molecular weight is 210 g/mol. The molecule has 3 N–H and O–H groups in total. The molecule has 2 fully saturated rings. The molecule has 0 amide bonds. The second-order valence-corrected chi connectivity index (χ2v) is 6.34. The lowest BCUT2D eigenvalue weighted by molar-refractivity contribution is 0.312. The highest BCUT2D eigenvalue weighted by Gasteiger charge is 2.40. The highest BCUT2D eigenvalue weighted by atomic mass is 14.9. The molecule has 0 aromatic rings. The fourth-order valence-corrected chi connectivity index (χ4v) is 2.42. The first kappa shape index (κ1) is 11.4. The lowest BCUT2D eigenvalue weighted by Gasteiger charge is -2.25. The first-order valence-electron chi connectivity index (χ1n) is 6.53. The van der Waals surface area contributed by atoms with Gasteiger partial charge in [-0.05, 0) is 61.9 Å². The second-order valence-electron chi connectivity index (χ2n) is 6.34. The Bertz CT molecular complexity index is 193. The predicted molar refractivity (Wildman–Crippen MR) is 64.6 cm³/mol. The van der Waals surface area contributed by atoms with Crippen LogP contribution in [0.2, 0.25) is 0 Å². The minimum Gasteiger partial charge on any atom is -0.330 e. The zero-order chi connectivity index (χ0) is 10.9. The topological polar surface area (TPSA) is 38.0 Å². The molecule has 2 aliphatic carbocycles. The molecular weight excluding hydrogens is 184 g/mol. The fourth-order valence-electron chi connectivity index (χ4n) is 2.42. The van der Waals surface area contributed by atoms with Crippen LogP contribution in [0.1, 0.15) is 39.5 Å². The van der Waals surface area contributed by atoms with E-state index in [1.54, 1.807) is 0 Å². The SMILES string of the molecule is CC(C)(CN)CNCC(C1CC1)C1CC1. The van der Waals surface area contributed by atoms with Gasteiger partial charge in [0.1, 0.15) is 0 Å². The molecular formula is C13H26N2. The van der Waals surface area contributed by atoms with Crippen LogP contribution in [0.5, 0.6) is 0 Å². The van der Waals surface area contributed by atoms with Gasteiger partial charge in [0.25, 0.3) is 0 Å². The van der Waals surface area contributed by atoms with Gasteiger partial charge < -0.3 is 11.1 Å². The first-order valence-corrected chi connectivity index (χ1v) is 6.53. The van der Waals surface area contributed by atoms with E-state index in [1.807, 2.05) is 0 Å². The summed E-state index contributed by atoms with van der Waals surface area (Å²) in [4.78, 5) is 0. The summed E-state index contributed by atoms with van der Waals surface area (Å²) in [5, 5.41) is 3.64. The van der Waals surface area contributed by atoms with Gasteiger partial charge in [-0.15, -0.1) is 0 Å². The van der Waals surface area contributed by atoms with Crippen LogP contribution in [-0.4, -0.2) is 19.6 Å². The monoisotopic (exact) mass is 210 g/mol. The molecule has 15 heavy (non-hydrogen) atoms. The van der Waals surface area contributed by atoms with Crippen molar-refractivity contribution in [1.29, 1.82) is 0 Å². The zero-order valence-corrected chi connectivity index (χ0v) is 10.3. The molecule has 0 saturated heterocycles. The van der Waals surface area contributed by atoms with Gasteiger partial charge in [0, 0.05) is 6.54 Å². The maximum Gasteiger partial charge on any atom is 0.00147 e. The van der Waals surface area contributed by atoms with Gasteiger partial charge in [0.05, 0.1) is 0 Å². The summed E-state index contributed by atoms with van der Waals surface area (Å²) in [5.41, 5.74) is 5.99. The molecule has 88 valence electrons. The van der Waals surface area contributed by atoms with Gasteiger partial charge in [-0.1, -0.05) is 13.8 Å². The van der Waals surface area contributed by atoms with Crippen molar-refractivity contribution in [2.24, 2.45) is 28.9 Å². The van der Waals surface area contributed by atoms with E-state index in [9.17, 15) is 0 Å². The summed E-state index contributed by atoms with van der Waals surface area (Å²) < 4.78 is 0. The second kappa shape index (κ2) is 4.42. The minimum absolute atomic E-state index is 0.262. The van der Waals surface area contributed by atoms with Crippen molar-refractivity contribution < 1.29 is 0 Å². The van der Waals surface area contributed by atoms with E-state index in [-0.39, 0.29) is 5.41 Å². The average Bonchev–Trinajstić information content (AvgIpc) is 3.01. The number of nitrogens with one attached hydrogen (secondary N) is 1. The van der Waals surface area contributed by atoms with Gasteiger partial charge in [0.2, 0.25) is 0 Å². The minimum atomic E-state index is 0.262. The van der Waals surface area contributed by atoms with Crippen LogP contribution in [0, 0.1) is 23.2 Å². The van der Waals surface area contributed by atoms with Crippen molar-refractivity contribution in [3.63, 3.8) is 0 Å². The van der Waals surface area contributed by atoms with Gasteiger partial charge >= 0.3 is 0 Å². The van der Waals surface area contributed by atoms with Gasteiger partial charge in [-0.3, -0.25) is 0 Å². The quantitative estimate of drug-likeness (QED) is 0.674. The normalized spacial score (nSPS) is 22.4. The lowest BCUT2D eigenvalue weighted by atomic mass is 9.92. The Morgan fingerprint density at radius 3 is 2.13 bits per heavy atom. The maximum absolute atomic E-state index is 5.73. The number of nitrogens with two attached hydrogens (primary N) is 1. The summed E-state index contributed by atoms with van der Waals surface area (Å²) in [6.07, 6.45) is 5.96. The van der Waals surface area contributed by atoms with E-state index in [0.717, 1.165) is 30.8 Å². The molecule has 0 radical (unpaired) electrons. The molecule has 0 heterocycles. The third-order valence-corrected chi connectivity index (χ3v) is 3.99. The number of hydrogen-bond donors (Lipinski definition) is 2. The predicted octanol–water partition coefficient (Wildman–Crippen LogP) is 2.00. The molecule has 0 unspecified atom stereocenters. The Morgan fingerprint density at radius 1 is 1.20 bits per heavy atom. The largest absolute Gasteiger partial charge is 0.330 e. The van der Waals surface area contributed by atoms with E-state index in [2.05, 4.69) is 19.2 Å². The third-order valence-electron chi connectivity index (χ3n) is 3.99. The van der Waals surface area contributed by atoms with E-state index in [1.165, 1.54) is 32.2 Å². The number of hydrogen-bond acceptors (Lipinski definition) is 2. The van der Waals surface area contributed by atoms with E-state index < -0.39 is 0 Å². The summed E-state index contributed by atoms with van der Waals surface area (Å²) >= 11 is 0. The molecule has 2 saturated carbocycles. The third kappa shape index (κ3) is 3.46. The molecule has 2 heteroatoms. The summed E-state index contributed by atoms with van der Waals surface area (Å²) in [6.45, 7) is 7.56. The highest BCUT2D eigenvalue weighted by molar-refractivity contribution is 4.92. The molecule has 2 nitrogen and oxygen atoms in total. The fraction of sp³-hybridized carbons (Fsp3) is 1.00. The zero-order valence-electron chi connectivity index (χ0n) is 10.3. The molecule has 2 rings (SSSR count). The van der Waals surface area contributed by atoms with Crippen LogP contribution in [0.25, 0.3) is 0 Å². The van der Waals surface area contributed by atoms with E-state index in [4.69, 9.17) is 5.73 Å². The number of rotatable bonds is 7. The van der Waals surface area contributed by atoms with Crippen LogP contribution in [0.15, 0.2) is 0 Å². The van der Waals surface area contributed by atoms with Crippen LogP contribution in [0.4, 0.5) is 0 Å². The standard InChI is InChI=1S/C13H26N2/c1-13(2,8-14)9-15-7-12(10-3-4-10)11-5-6-11/h10-12,15H,3-9,14H2,1-2H3. The molecule has 0 spiro atoms. The summed E-state index contributed by atoms with van der Waals surface area (Å²) in [5.74, 6) is 3.11. The molecule has 0 bridgehead atoms. The Morgan fingerprint density at radius 2 is 1.73 bits per heavy atom. The molecule has 0 aliphatic heterocycles. The van der Waals surface area contributed by atoms with Crippen LogP contribution >= 0.6 is 0 Å². The Labute approximate surface area is 94.0 Å². The van der Waals surface area contributed by atoms with Crippen molar-refractivity contribution in [3.05, 3.63) is 0 Å². The van der Waals surface area contributed by atoms with Crippen molar-refractivity contribution in [3.8, 4) is 0 Å².